The summed E-state index contributed by atoms with van der Waals surface area (Å²) in [7, 11) is 1.75. The van der Waals surface area contributed by atoms with Crippen molar-refractivity contribution < 1.29 is 9.18 Å². The fourth-order valence-electron chi connectivity index (χ4n) is 2.34. The van der Waals surface area contributed by atoms with E-state index in [-0.39, 0.29) is 18.1 Å². The zero-order valence-corrected chi connectivity index (χ0v) is 14.0. The Morgan fingerprint density at radius 1 is 1.28 bits per heavy atom. The van der Waals surface area contributed by atoms with E-state index in [2.05, 4.69) is 31.3 Å². The van der Waals surface area contributed by atoms with E-state index in [4.69, 9.17) is 0 Å². The molecule has 0 aliphatic carbocycles. The van der Waals surface area contributed by atoms with Crippen LogP contribution in [0.3, 0.4) is 0 Å². The summed E-state index contributed by atoms with van der Waals surface area (Å²) in [6.07, 6.45) is 0. The van der Waals surface area contributed by atoms with Crippen LogP contribution >= 0.6 is 0 Å². The second-order valence-corrected chi connectivity index (χ2v) is 5.50. The molecule has 3 aromatic rings. The Bertz CT molecular complexity index is 916. The molecule has 130 valence electrons. The molecule has 0 spiro atoms. The Hall–Kier alpha value is -3.30. The molecule has 2 aromatic heterocycles. The highest BCUT2D eigenvalue weighted by molar-refractivity contribution is 5.93. The van der Waals surface area contributed by atoms with Crippen LogP contribution in [0.2, 0.25) is 0 Å². The summed E-state index contributed by atoms with van der Waals surface area (Å²) in [5.41, 5.74) is 1.59. The van der Waals surface area contributed by atoms with Crippen molar-refractivity contribution in [3.05, 3.63) is 41.6 Å². The summed E-state index contributed by atoms with van der Waals surface area (Å²) in [6, 6.07) is 6.15. The van der Waals surface area contributed by atoms with Crippen LogP contribution in [0.1, 0.15) is 11.5 Å². The van der Waals surface area contributed by atoms with Gasteiger partial charge in [-0.3, -0.25) is 9.48 Å². The molecule has 0 aliphatic rings. The average molecular weight is 344 g/mol. The first kappa shape index (κ1) is 16.6. The zero-order valence-electron chi connectivity index (χ0n) is 14.0. The van der Waals surface area contributed by atoms with E-state index in [1.54, 1.807) is 36.9 Å². The summed E-state index contributed by atoms with van der Waals surface area (Å²) in [5, 5.41) is 20.9. The first-order valence-corrected chi connectivity index (χ1v) is 7.53. The van der Waals surface area contributed by atoms with Crippen molar-refractivity contribution in [2.45, 2.75) is 13.8 Å². The van der Waals surface area contributed by atoms with Crippen molar-refractivity contribution in [2.24, 2.45) is 7.05 Å². The third kappa shape index (κ3) is 3.62. The normalized spacial score (nSPS) is 10.7. The molecule has 10 heteroatoms. The van der Waals surface area contributed by atoms with Gasteiger partial charge in [-0.1, -0.05) is 0 Å². The van der Waals surface area contributed by atoms with Gasteiger partial charge in [0.15, 0.2) is 5.82 Å². The fourth-order valence-corrected chi connectivity index (χ4v) is 2.34. The molecular formula is C15H17FN8O. The predicted octanol–water partition coefficient (Wildman–Crippen LogP) is 1.20. The van der Waals surface area contributed by atoms with Crippen LogP contribution in [0.15, 0.2) is 24.3 Å². The third-order valence-corrected chi connectivity index (χ3v) is 3.52. The summed E-state index contributed by atoms with van der Waals surface area (Å²) in [5.74, 6) is 0.358. The Labute approximate surface area is 142 Å². The van der Waals surface area contributed by atoms with Gasteiger partial charge >= 0.3 is 0 Å². The van der Waals surface area contributed by atoms with Gasteiger partial charge in [0.25, 0.3) is 0 Å². The minimum atomic E-state index is -0.462. The van der Waals surface area contributed by atoms with Crippen molar-refractivity contribution in [3.8, 4) is 5.69 Å². The lowest BCUT2D eigenvalue weighted by Gasteiger charge is -2.10. The van der Waals surface area contributed by atoms with E-state index in [9.17, 15) is 9.18 Å². The van der Waals surface area contributed by atoms with Gasteiger partial charge in [-0.25, -0.2) is 4.39 Å². The molecule has 1 amide bonds. The molecule has 0 bridgehead atoms. The Morgan fingerprint density at radius 2 is 2.08 bits per heavy atom. The highest BCUT2D eigenvalue weighted by Gasteiger charge is 2.11. The molecule has 25 heavy (non-hydrogen) atoms. The van der Waals surface area contributed by atoms with Crippen LogP contribution in [-0.4, -0.2) is 42.4 Å². The quantitative estimate of drug-likeness (QED) is 0.721. The number of tetrazole rings is 1. The highest BCUT2D eigenvalue weighted by atomic mass is 19.1. The van der Waals surface area contributed by atoms with Crippen molar-refractivity contribution >= 4 is 17.4 Å². The van der Waals surface area contributed by atoms with E-state index in [1.807, 2.05) is 6.92 Å². The van der Waals surface area contributed by atoms with Crippen LogP contribution < -0.4 is 10.6 Å². The molecule has 0 radical (unpaired) electrons. The van der Waals surface area contributed by atoms with Gasteiger partial charge in [0, 0.05) is 18.8 Å². The maximum Gasteiger partial charge on any atom is 0.244 e. The molecule has 0 atom stereocenters. The largest absolute Gasteiger partial charge is 0.376 e. The van der Waals surface area contributed by atoms with Gasteiger partial charge in [0.2, 0.25) is 5.91 Å². The SMILES string of the molecule is Cc1cc(NC(=O)CNc2ccc(F)c(-n3nnnc3C)c2)n(C)n1. The van der Waals surface area contributed by atoms with Crippen LogP contribution in [0.5, 0.6) is 0 Å². The first-order chi connectivity index (χ1) is 11.9. The maximum atomic E-state index is 14.0. The number of aromatic nitrogens is 6. The number of hydrogen-bond donors (Lipinski definition) is 2. The molecule has 0 fully saturated rings. The number of rotatable bonds is 5. The van der Waals surface area contributed by atoms with Gasteiger partial charge in [0.1, 0.15) is 17.3 Å². The number of carbonyl (C=O) groups excluding carboxylic acids is 1. The molecule has 0 saturated carbocycles. The van der Waals surface area contributed by atoms with Crippen LogP contribution in [-0.2, 0) is 11.8 Å². The van der Waals surface area contributed by atoms with Crippen LogP contribution in [0.25, 0.3) is 5.69 Å². The van der Waals surface area contributed by atoms with Gasteiger partial charge in [0.05, 0.1) is 12.2 Å². The van der Waals surface area contributed by atoms with E-state index in [0.29, 0.717) is 17.3 Å². The van der Waals surface area contributed by atoms with Crippen molar-refractivity contribution in [3.63, 3.8) is 0 Å². The topological polar surface area (TPSA) is 103 Å². The number of carbonyl (C=O) groups is 1. The second-order valence-electron chi connectivity index (χ2n) is 5.50. The van der Waals surface area contributed by atoms with Gasteiger partial charge in [-0.2, -0.15) is 9.78 Å². The van der Waals surface area contributed by atoms with Crippen molar-refractivity contribution in [1.82, 2.24) is 30.0 Å². The highest BCUT2D eigenvalue weighted by Crippen LogP contribution is 2.18. The van der Waals surface area contributed by atoms with Gasteiger partial charge in [-0.05, 0) is 42.5 Å². The zero-order chi connectivity index (χ0) is 18.0. The molecule has 1 aromatic carbocycles. The Kier molecular flexibility index (Phi) is 4.42. The van der Waals surface area contributed by atoms with Crippen molar-refractivity contribution in [2.75, 3.05) is 17.2 Å². The minimum absolute atomic E-state index is 0.0177. The number of anilines is 2. The molecule has 3 rings (SSSR count). The summed E-state index contributed by atoms with van der Waals surface area (Å²) in [4.78, 5) is 12.1. The molecule has 2 heterocycles. The molecule has 2 N–H and O–H groups in total. The van der Waals surface area contributed by atoms with Crippen LogP contribution in [0, 0.1) is 19.7 Å². The average Bonchev–Trinajstić information content (AvgIpc) is 3.12. The molecule has 9 nitrogen and oxygen atoms in total. The lowest BCUT2D eigenvalue weighted by Crippen LogP contribution is -2.23. The van der Waals surface area contributed by atoms with Gasteiger partial charge in [-0.15, -0.1) is 5.10 Å². The first-order valence-electron chi connectivity index (χ1n) is 7.53. The van der Waals surface area contributed by atoms with Gasteiger partial charge < -0.3 is 10.6 Å². The molecular weight excluding hydrogens is 327 g/mol. The monoisotopic (exact) mass is 344 g/mol. The maximum absolute atomic E-state index is 14.0. The van der Waals surface area contributed by atoms with Crippen molar-refractivity contribution in [1.29, 1.82) is 0 Å². The lowest BCUT2D eigenvalue weighted by molar-refractivity contribution is -0.114. The Morgan fingerprint density at radius 3 is 2.72 bits per heavy atom. The fraction of sp³-hybridized carbons (Fsp3) is 0.267. The number of benzene rings is 1. The Balaban J connectivity index is 1.68. The minimum Gasteiger partial charge on any atom is -0.376 e. The number of nitrogens with zero attached hydrogens (tertiary/aromatic N) is 6. The second kappa shape index (κ2) is 6.67. The van der Waals surface area contributed by atoms with E-state index >= 15 is 0 Å². The van der Waals surface area contributed by atoms with E-state index in [0.717, 1.165) is 5.69 Å². The summed E-state index contributed by atoms with van der Waals surface area (Å²) >= 11 is 0. The number of hydrogen-bond acceptors (Lipinski definition) is 6. The molecule has 0 unspecified atom stereocenters. The lowest BCUT2D eigenvalue weighted by atomic mass is 10.2. The standard InChI is InChI=1S/C15H17FN8O/c1-9-6-14(23(3)20-9)18-15(25)8-17-11-4-5-12(16)13(7-11)24-10(2)19-21-22-24/h4-7,17H,8H2,1-3H3,(H,18,25). The predicted molar refractivity (Wildman–Crippen MR) is 88.9 cm³/mol. The number of nitrogens with one attached hydrogen (secondary N) is 2. The number of amides is 1. The molecule has 0 saturated heterocycles. The van der Waals surface area contributed by atoms with E-state index < -0.39 is 5.82 Å². The summed E-state index contributed by atoms with van der Waals surface area (Å²) < 4.78 is 16.9. The smallest absolute Gasteiger partial charge is 0.244 e. The number of halogens is 1. The number of aryl methyl sites for hydroxylation is 3. The molecule has 0 aliphatic heterocycles. The third-order valence-electron chi connectivity index (χ3n) is 3.52. The summed E-state index contributed by atoms with van der Waals surface area (Å²) in [6.45, 7) is 3.53. The van der Waals surface area contributed by atoms with Crippen LogP contribution in [0.4, 0.5) is 15.9 Å². The van der Waals surface area contributed by atoms with E-state index in [1.165, 1.54) is 10.7 Å².